The van der Waals surface area contributed by atoms with Crippen molar-refractivity contribution in [2.24, 2.45) is 0 Å². The van der Waals surface area contributed by atoms with Gasteiger partial charge in [0.25, 0.3) is 0 Å². The summed E-state index contributed by atoms with van der Waals surface area (Å²) < 4.78 is 11.2. The van der Waals surface area contributed by atoms with Gasteiger partial charge in [-0.1, -0.05) is 17.3 Å². The first-order valence-corrected chi connectivity index (χ1v) is 10.9. The number of aryl methyl sites for hydroxylation is 2. The van der Waals surface area contributed by atoms with Crippen LogP contribution in [0.15, 0.2) is 34.9 Å². The molecule has 2 aliphatic rings. The Balaban J connectivity index is 1.49. The first-order chi connectivity index (χ1) is 15.5. The van der Waals surface area contributed by atoms with E-state index in [0.717, 1.165) is 47.2 Å². The summed E-state index contributed by atoms with van der Waals surface area (Å²) in [7, 11) is 1.80. The Bertz CT molecular complexity index is 1100. The number of hydrogen-bond acceptors (Lipinski definition) is 9. The maximum Gasteiger partial charge on any atom is 0.162 e. The van der Waals surface area contributed by atoms with Gasteiger partial charge in [-0.05, 0) is 33.0 Å². The van der Waals surface area contributed by atoms with Crippen molar-refractivity contribution in [2.45, 2.75) is 32.0 Å². The predicted molar refractivity (Wildman–Crippen MR) is 121 cm³/mol. The van der Waals surface area contributed by atoms with Crippen LogP contribution in [0.25, 0.3) is 22.6 Å². The van der Waals surface area contributed by atoms with Crippen LogP contribution in [0.1, 0.15) is 11.5 Å². The Morgan fingerprint density at radius 3 is 2.84 bits per heavy atom. The Morgan fingerprint density at radius 2 is 2.19 bits per heavy atom. The minimum absolute atomic E-state index is 0.208. The summed E-state index contributed by atoms with van der Waals surface area (Å²) in [5.74, 6) is 2.93. The molecule has 0 bridgehead atoms. The molecule has 2 unspecified atom stereocenters. The van der Waals surface area contributed by atoms with E-state index in [1.54, 1.807) is 7.05 Å². The van der Waals surface area contributed by atoms with Gasteiger partial charge in [-0.2, -0.15) is 0 Å². The van der Waals surface area contributed by atoms with Gasteiger partial charge in [0.1, 0.15) is 30.0 Å². The van der Waals surface area contributed by atoms with E-state index in [-0.39, 0.29) is 6.61 Å². The van der Waals surface area contributed by atoms with Gasteiger partial charge in [0.2, 0.25) is 0 Å². The van der Waals surface area contributed by atoms with Crippen molar-refractivity contribution in [3.63, 3.8) is 0 Å². The van der Waals surface area contributed by atoms with Crippen LogP contribution in [0.5, 0.6) is 5.75 Å². The molecule has 0 radical (unpaired) electrons. The van der Waals surface area contributed by atoms with E-state index in [0.29, 0.717) is 30.2 Å². The summed E-state index contributed by atoms with van der Waals surface area (Å²) in [6.07, 6.45) is -0.579. The van der Waals surface area contributed by atoms with Crippen LogP contribution in [-0.2, 0) is 0 Å². The fraction of sp³-hybridized carbons (Fsp3) is 0.435. The zero-order chi connectivity index (χ0) is 22.2. The molecule has 2 saturated heterocycles. The highest BCUT2D eigenvalue weighted by molar-refractivity contribution is 5.71. The van der Waals surface area contributed by atoms with E-state index in [2.05, 4.69) is 20.7 Å². The van der Waals surface area contributed by atoms with Crippen LogP contribution in [-0.4, -0.2) is 71.7 Å². The van der Waals surface area contributed by atoms with Gasteiger partial charge in [-0.15, -0.1) is 0 Å². The summed E-state index contributed by atoms with van der Waals surface area (Å²) >= 11 is 0. The molecule has 0 saturated carbocycles. The highest BCUT2D eigenvalue weighted by Gasteiger charge is 2.46. The summed E-state index contributed by atoms with van der Waals surface area (Å²) in [5.41, 5.74) is 3.36. The van der Waals surface area contributed by atoms with Gasteiger partial charge in [0.05, 0.1) is 23.0 Å². The second-order valence-corrected chi connectivity index (χ2v) is 8.42. The number of aliphatic hydroxyl groups excluding tert-OH is 1. The zero-order valence-electron chi connectivity index (χ0n) is 18.5. The molecule has 1 aromatic carbocycles. The molecule has 5 rings (SSSR count). The number of ether oxygens (including phenoxy) is 1. The Morgan fingerprint density at radius 1 is 1.31 bits per heavy atom. The summed E-state index contributed by atoms with van der Waals surface area (Å²) in [5, 5.41) is 20.4. The molecule has 0 spiro atoms. The van der Waals surface area contributed by atoms with E-state index in [4.69, 9.17) is 19.2 Å². The van der Waals surface area contributed by atoms with Crippen LogP contribution in [0.4, 0.5) is 5.82 Å². The number of nitrogens with one attached hydrogen (secondary N) is 2. The standard InChI is InChI=1S/C23H28N6O3/c1-13-22(14(2)32-28-13)18-8-21(29-11-19-20(29)10-25-19)27-23(26-18)15-5-4-6-17(7-15)31-12-16(30)9-24-3/h4-8,16,19-20,24-25,30H,9-12H2,1-3H3/t16?,19-,20?/m0/s1. The lowest BCUT2D eigenvalue weighted by molar-refractivity contribution is 0.108. The van der Waals surface area contributed by atoms with E-state index < -0.39 is 6.10 Å². The molecule has 2 aliphatic heterocycles. The molecule has 3 N–H and O–H groups in total. The summed E-state index contributed by atoms with van der Waals surface area (Å²) in [6.45, 7) is 6.42. The molecule has 2 aromatic heterocycles. The van der Waals surface area contributed by atoms with E-state index in [1.165, 1.54) is 0 Å². The number of anilines is 1. The van der Waals surface area contributed by atoms with Crippen molar-refractivity contribution in [2.75, 3.05) is 38.2 Å². The van der Waals surface area contributed by atoms with Crippen LogP contribution >= 0.6 is 0 Å². The number of piperazine rings is 1. The third-order valence-corrected chi connectivity index (χ3v) is 6.12. The predicted octanol–water partition coefficient (Wildman–Crippen LogP) is 1.53. The first-order valence-electron chi connectivity index (χ1n) is 10.9. The van der Waals surface area contributed by atoms with Gasteiger partial charge in [-0.3, -0.25) is 0 Å². The Hall–Kier alpha value is -3.01. The van der Waals surface area contributed by atoms with Gasteiger partial charge >= 0.3 is 0 Å². The normalized spacial score (nSPS) is 20.3. The molecule has 0 aliphatic carbocycles. The number of nitrogens with zero attached hydrogens (tertiary/aromatic N) is 4. The minimum atomic E-state index is -0.579. The maximum absolute atomic E-state index is 9.94. The minimum Gasteiger partial charge on any atom is -0.491 e. The number of hydrogen-bond donors (Lipinski definition) is 3. The van der Waals surface area contributed by atoms with Crippen molar-refractivity contribution in [1.29, 1.82) is 0 Å². The van der Waals surface area contributed by atoms with Gasteiger partial charge in [-0.25, -0.2) is 9.97 Å². The highest BCUT2D eigenvalue weighted by atomic mass is 16.5. The average molecular weight is 437 g/mol. The van der Waals surface area contributed by atoms with Crippen LogP contribution < -0.4 is 20.3 Å². The van der Waals surface area contributed by atoms with Crippen molar-refractivity contribution >= 4 is 5.82 Å². The van der Waals surface area contributed by atoms with Crippen molar-refractivity contribution in [3.05, 3.63) is 41.8 Å². The molecule has 9 nitrogen and oxygen atoms in total. The second-order valence-electron chi connectivity index (χ2n) is 8.42. The number of aliphatic hydroxyl groups is 1. The van der Waals surface area contributed by atoms with Crippen molar-refractivity contribution in [3.8, 4) is 28.4 Å². The Labute approximate surface area is 186 Å². The smallest absolute Gasteiger partial charge is 0.162 e. The monoisotopic (exact) mass is 436 g/mol. The van der Waals surface area contributed by atoms with Gasteiger partial charge in [0.15, 0.2) is 5.82 Å². The van der Waals surface area contributed by atoms with Gasteiger partial charge in [0, 0.05) is 37.3 Å². The molecule has 9 heteroatoms. The highest BCUT2D eigenvalue weighted by Crippen LogP contribution is 2.35. The molecule has 168 valence electrons. The first kappa shape index (κ1) is 20.9. The number of aromatic nitrogens is 3. The largest absolute Gasteiger partial charge is 0.491 e. The average Bonchev–Trinajstić information content (AvgIpc) is 3.12. The fourth-order valence-corrected chi connectivity index (χ4v) is 4.28. The Kier molecular flexibility index (Phi) is 5.54. The molecule has 4 heterocycles. The SMILES string of the molecule is CNCC(O)COc1cccc(-c2nc(-c3c(C)noc3C)cc(N3C[C@@H]4NCC43)n2)c1. The molecular weight excluding hydrogens is 408 g/mol. The van der Waals surface area contributed by atoms with Crippen molar-refractivity contribution < 1.29 is 14.4 Å². The number of likely N-dealkylation sites (N-methyl/N-ethyl adjacent to an activating group) is 1. The lowest BCUT2D eigenvalue weighted by Gasteiger charge is -2.56. The van der Waals surface area contributed by atoms with Crippen LogP contribution in [0, 0.1) is 13.8 Å². The second kappa shape index (κ2) is 8.50. The number of fused-ring (bicyclic) bond motifs is 1. The third-order valence-electron chi connectivity index (χ3n) is 6.12. The number of benzene rings is 1. The lowest BCUT2D eigenvalue weighted by Crippen LogP contribution is -2.78. The maximum atomic E-state index is 9.94. The molecule has 2 fully saturated rings. The third kappa shape index (κ3) is 3.83. The van der Waals surface area contributed by atoms with Crippen molar-refractivity contribution in [1.82, 2.24) is 25.8 Å². The van der Waals surface area contributed by atoms with Gasteiger partial charge < -0.3 is 29.9 Å². The fourth-order valence-electron chi connectivity index (χ4n) is 4.28. The quantitative estimate of drug-likeness (QED) is 0.484. The molecule has 3 atom stereocenters. The molecule has 0 amide bonds. The molecule has 3 aromatic rings. The van der Waals surface area contributed by atoms with E-state index >= 15 is 0 Å². The number of rotatable bonds is 8. The molecular formula is C23H28N6O3. The van der Waals surface area contributed by atoms with Crippen LogP contribution in [0.3, 0.4) is 0 Å². The summed E-state index contributed by atoms with van der Waals surface area (Å²) in [6, 6.07) is 10.7. The van der Waals surface area contributed by atoms with Crippen LogP contribution in [0.2, 0.25) is 0 Å². The topological polar surface area (TPSA) is 109 Å². The molecule has 32 heavy (non-hydrogen) atoms. The van der Waals surface area contributed by atoms with E-state index in [9.17, 15) is 5.11 Å². The summed E-state index contributed by atoms with van der Waals surface area (Å²) in [4.78, 5) is 12.1. The van der Waals surface area contributed by atoms with E-state index in [1.807, 2.05) is 44.2 Å². The lowest BCUT2D eigenvalue weighted by atomic mass is 9.88. The zero-order valence-corrected chi connectivity index (χ0v) is 18.5.